The highest BCUT2D eigenvalue weighted by molar-refractivity contribution is 5.88. The van der Waals surface area contributed by atoms with Gasteiger partial charge >= 0.3 is 5.97 Å². The van der Waals surface area contributed by atoms with Crippen molar-refractivity contribution in [3.05, 3.63) is 0 Å². The molecule has 0 aromatic heterocycles. The number of hydrogen-bond donors (Lipinski definition) is 5. The summed E-state index contributed by atoms with van der Waals surface area (Å²) in [4.78, 5) is 31.8. The van der Waals surface area contributed by atoms with Crippen LogP contribution in [0.15, 0.2) is 0 Å². The van der Waals surface area contributed by atoms with Gasteiger partial charge in [-0.3, -0.25) is 20.9 Å². The number of rotatable bonds is 6. The molecule has 0 spiro atoms. The van der Waals surface area contributed by atoms with E-state index in [9.17, 15) is 14.4 Å². The summed E-state index contributed by atoms with van der Waals surface area (Å²) in [6.45, 7) is -0.234. The van der Waals surface area contributed by atoms with E-state index in [-0.39, 0.29) is 6.54 Å². The van der Waals surface area contributed by atoms with E-state index in [4.69, 9.17) is 16.7 Å². The minimum Gasteiger partial charge on any atom is -0.480 e. The average molecular weight is 204 g/mol. The summed E-state index contributed by atoms with van der Waals surface area (Å²) in [5, 5.41) is 10.6. The van der Waals surface area contributed by atoms with Crippen LogP contribution in [-0.4, -0.2) is 35.5 Å². The molecule has 0 saturated heterocycles. The highest BCUT2D eigenvalue weighted by atomic mass is 16.4. The van der Waals surface area contributed by atoms with Crippen molar-refractivity contribution >= 4 is 17.8 Å². The fraction of sp³-hybridized carbons (Fsp3) is 0.500. The molecule has 0 radical (unpaired) electrons. The van der Waals surface area contributed by atoms with Gasteiger partial charge in [0.2, 0.25) is 11.8 Å². The molecule has 0 unspecified atom stereocenters. The summed E-state index contributed by atoms with van der Waals surface area (Å²) in [5.41, 5.74) is 6.83. The molecule has 0 aromatic carbocycles. The first-order valence-electron chi connectivity index (χ1n) is 3.71. The van der Waals surface area contributed by atoms with Gasteiger partial charge in [-0.15, -0.1) is 0 Å². The first-order valence-corrected chi connectivity index (χ1v) is 3.71. The second kappa shape index (κ2) is 5.89. The van der Waals surface area contributed by atoms with Crippen LogP contribution in [0.3, 0.4) is 0 Å². The van der Waals surface area contributed by atoms with Crippen LogP contribution in [0.1, 0.15) is 6.42 Å². The monoisotopic (exact) mass is 204 g/mol. The highest BCUT2D eigenvalue weighted by Gasteiger charge is 2.21. The normalized spacial score (nSPS) is 11.8. The minimum atomic E-state index is -1.32. The molecular formula is C6H12N4O4. The Balaban J connectivity index is 4.16. The highest BCUT2D eigenvalue weighted by Crippen LogP contribution is 1.90. The molecule has 0 aliphatic carbocycles. The second-order valence-electron chi connectivity index (χ2n) is 2.51. The van der Waals surface area contributed by atoms with Crippen LogP contribution in [0.2, 0.25) is 0 Å². The molecule has 0 bridgehead atoms. The van der Waals surface area contributed by atoms with Crippen molar-refractivity contribution in [1.82, 2.24) is 10.7 Å². The van der Waals surface area contributed by atoms with Gasteiger partial charge in [0, 0.05) is 0 Å². The van der Waals surface area contributed by atoms with Gasteiger partial charge in [0.25, 0.3) is 0 Å². The Hall–Kier alpha value is -1.67. The van der Waals surface area contributed by atoms with E-state index in [0.717, 1.165) is 0 Å². The van der Waals surface area contributed by atoms with E-state index in [1.54, 1.807) is 0 Å². The number of carboxylic acids is 1. The lowest BCUT2D eigenvalue weighted by Gasteiger charge is -2.12. The zero-order chi connectivity index (χ0) is 11.1. The summed E-state index contributed by atoms with van der Waals surface area (Å²) in [5.74, 6) is 2.08. The summed E-state index contributed by atoms with van der Waals surface area (Å²) < 4.78 is 0. The maximum absolute atomic E-state index is 10.9. The average Bonchev–Trinajstić information content (AvgIpc) is 2.02. The third kappa shape index (κ3) is 5.06. The Bertz CT molecular complexity index is 242. The number of nitrogens with one attached hydrogen (secondary N) is 2. The van der Waals surface area contributed by atoms with Gasteiger partial charge in [-0.05, 0) is 0 Å². The summed E-state index contributed by atoms with van der Waals surface area (Å²) in [7, 11) is 0. The van der Waals surface area contributed by atoms with Crippen molar-refractivity contribution in [2.45, 2.75) is 12.5 Å². The fourth-order valence-electron chi connectivity index (χ4n) is 0.739. The van der Waals surface area contributed by atoms with Gasteiger partial charge in [0.1, 0.15) is 6.04 Å². The number of aliphatic carboxylic acids is 1. The van der Waals surface area contributed by atoms with E-state index in [2.05, 4.69) is 5.32 Å². The maximum atomic E-state index is 10.9. The van der Waals surface area contributed by atoms with Crippen LogP contribution >= 0.6 is 0 Å². The quantitative estimate of drug-likeness (QED) is 0.228. The van der Waals surface area contributed by atoms with Crippen molar-refractivity contribution in [2.75, 3.05) is 6.54 Å². The third-order valence-corrected chi connectivity index (χ3v) is 1.30. The van der Waals surface area contributed by atoms with Gasteiger partial charge in [0.15, 0.2) is 0 Å². The predicted molar refractivity (Wildman–Crippen MR) is 45.6 cm³/mol. The van der Waals surface area contributed by atoms with Gasteiger partial charge in [-0.2, -0.15) is 0 Å². The predicted octanol–water partition coefficient (Wildman–Crippen LogP) is -3.11. The molecule has 1 atom stereocenters. The molecule has 0 aromatic rings. The van der Waals surface area contributed by atoms with Crippen LogP contribution in [0, 0.1) is 0 Å². The van der Waals surface area contributed by atoms with E-state index in [0.29, 0.717) is 0 Å². The van der Waals surface area contributed by atoms with Gasteiger partial charge in [-0.25, -0.2) is 4.79 Å². The molecule has 8 nitrogen and oxygen atoms in total. The van der Waals surface area contributed by atoms with Crippen molar-refractivity contribution in [1.29, 1.82) is 0 Å². The number of carbonyl (C=O) groups excluding carboxylic acids is 2. The summed E-state index contributed by atoms with van der Waals surface area (Å²) >= 11 is 0. The number of nitrogens with two attached hydrogens (primary N) is 2. The fourth-order valence-corrected chi connectivity index (χ4v) is 0.739. The lowest BCUT2D eigenvalue weighted by Crippen LogP contribution is -2.47. The zero-order valence-corrected chi connectivity index (χ0v) is 7.32. The molecular weight excluding hydrogens is 192 g/mol. The molecule has 80 valence electrons. The molecule has 0 fully saturated rings. The minimum absolute atomic E-state index is 0.234. The topological polar surface area (TPSA) is 148 Å². The van der Waals surface area contributed by atoms with Crippen molar-refractivity contribution in [2.24, 2.45) is 11.6 Å². The van der Waals surface area contributed by atoms with E-state index < -0.39 is 30.2 Å². The number of hydrogen-bond acceptors (Lipinski definition) is 5. The van der Waals surface area contributed by atoms with Gasteiger partial charge in [0.05, 0.1) is 13.0 Å². The molecule has 14 heavy (non-hydrogen) atoms. The van der Waals surface area contributed by atoms with Crippen LogP contribution in [0.25, 0.3) is 0 Å². The van der Waals surface area contributed by atoms with Crippen molar-refractivity contribution in [3.8, 4) is 0 Å². The van der Waals surface area contributed by atoms with Crippen LogP contribution < -0.4 is 22.3 Å². The molecule has 0 saturated carbocycles. The lowest BCUT2D eigenvalue weighted by molar-refractivity contribution is -0.143. The standard InChI is InChI=1S/C6H12N4O4/c7-4(11)1-3(6(13)14)10-5(12)2-9-8/h3,9H,1-2,8H2,(H2,7,11)(H,10,12)(H,13,14)/t3-/m0/s1. The second-order valence-corrected chi connectivity index (χ2v) is 2.51. The third-order valence-electron chi connectivity index (χ3n) is 1.30. The maximum Gasteiger partial charge on any atom is 0.326 e. The summed E-state index contributed by atoms with van der Waals surface area (Å²) in [6, 6.07) is -1.31. The molecule has 2 amide bonds. The van der Waals surface area contributed by atoms with Crippen LogP contribution in [-0.2, 0) is 14.4 Å². The summed E-state index contributed by atoms with van der Waals surface area (Å²) in [6.07, 6.45) is -0.453. The number of amides is 2. The van der Waals surface area contributed by atoms with Crippen molar-refractivity contribution < 1.29 is 19.5 Å². The Morgan fingerprint density at radius 1 is 1.36 bits per heavy atom. The van der Waals surface area contributed by atoms with E-state index in [1.165, 1.54) is 0 Å². The number of carboxylic acid groups (broad SMARTS) is 1. The molecule has 0 heterocycles. The van der Waals surface area contributed by atoms with Crippen molar-refractivity contribution in [3.63, 3.8) is 0 Å². The Morgan fingerprint density at radius 3 is 2.29 bits per heavy atom. The largest absolute Gasteiger partial charge is 0.480 e. The molecule has 7 N–H and O–H groups in total. The SMILES string of the molecule is NNCC(=O)N[C@@H](CC(N)=O)C(=O)O. The Labute approximate surface area is 79.6 Å². The van der Waals surface area contributed by atoms with E-state index in [1.807, 2.05) is 5.43 Å². The number of carbonyl (C=O) groups is 3. The number of hydrazine groups is 1. The first kappa shape index (κ1) is 12.3. The van der Waals surface area contributed by atoms with Gasteiger partial charge in [-0.1, -0.05) is 0 Å². The van der Waals surface area contributed by atoms with Gasteiger partial charge < -0.3 is 16.2 Å². The number of primary amides is 1. The Morgan fingerprint density at radius 2 is 1.93 bits per heavy atom. The Kier molecular flexibility index (Phi) is 5.19. The molecule has 0 aliphatic heterocycles. The molecule has 8 heteroatoms. The smallest absolute Gasteiger partial charge is 0.326 e. The van der Waals surface area contributed by atoms with E-state index >= 15 is 0 Å². The van der Waals surface area contributed by atoms with Crippen LogP contribution in [0.4, 0.5) is 0 Å². The van der Waals surface area contributed by atoms with Crippen LogP contribution in [0.5, 0.6) is 0 Å². The zero-order valence-electron chi connectivity index (χ0n) is 7.32. The first-order chi connectivity index (χ1) is 6.47. The molecule has 0 aliphatic rings. The lowest BCUT2D eigenvalue weighted by atomic mass is 10.2. The molecule has 0 rings (SSSR count).